The number of benzene rings is 1. The Morgan fingerprint density at radius 2 is 1.93 bits per heavy atom. The van der Waals surface area contributed by atoms with Crippen LogP contribution in [0.25, 0.3) is 22.0 Å². The van der Waals surface area contributed by atoms with Gasteiger partial charge in [-0.15, -0.1) is 0 Å². The number of fused-ring (bicyclic) bond motifs is 1. The van der Waals surface area contributed by atoms with E-state index in [0.717, 1.165) is 60.9 Å². The molecule has 3 aromatic rings. The molecule has 29 heavy (non-hydrogen) atoms. The van der Waals surface area contributed by atoms with Crippen molar-refractivity contribution in [1.82, 2.24) is 19.4 Å². The van der Waals surface area contributed by atoms with Crippen LogP contribution in [-0.2, 0) is 11.8 Å². The fourth-order valence-electron chi connectivity index (χ4n) is 4.29. The monoisotopic (exact) mass is 391 g/mol. The fourth-order valence-corrected chi connectivity index (χ4v) is 4.29. The fraction of sp³-hybridized carbons (Fsp3) is 0.435. The maximum atomic E-state index is 13.2. The minimum absolute atomic E-state index is 0.102. The third kappa shape index (κ3) is 3.77. The SMILES string of the molecule is CCN1CCC(CC)(C(=O)Nc2cc3cc(-c4cncn4C)ccc3cn2)CC1. The van der Waals surface area contributed by atoms with Crippen LogP contribution < -0.4 is 5.32 Å². The normalized spacial score (nSPS) is 16.8. The lowest BCUT2D eigenvalue weighted by atomic mass is 9.75. The number of amides is 1. The van der Waals surface area contributed by atoms with Crippen molar-refractivity contribution < 1.29 is 4.79 Å². The molecule has 4 rings (SSSR count). The molecule has 1 N–H and O–H groups in total. The van der Waals surface area contributed by atoms with Gasteiger partial charge in [0.25, 0.3) is 0 Å². The number of carbonyl (C=O) groups is 1. The van der Waals surface area contributed by atoms with Gasteiger partial charge in [-0.25, -0.2) is 9.97 Å². The van der Waals surface area contributed by atoms with E-state index < -0.39 is 0 Å². The quantitative estimate of drug-likeness (QED) is 0.712. The zero-order valence-corrected chi connectivity index (χ0v) is 17.5. The van der Waals surface area contributed by atoms with E-state index in [1.54, 1.807) is 6.33 Å². The van der Waals surface area contributed by atoms with Crippen molar-refractivity contribution in [1.29, 1.82) is 0 Å². The predicted molar refractivity (Wildman–Crippen MR) is 117 cm³/mol. The molecule has 0 atom stereocenters. The summed E-state index contributed by atoms with van der Waals surface area (Å²) >= 11 is 0. The van der Waals surface area contributed by atoms with E-state index in [1.165, 1.54) is 0 Å². The molecule has 1 aromatic carbocycles. The highest BCUT2D eigenvalue weighted by Gasteiger charge is 2.39. The molecule has 0 bridgehead atoms. The Bertz CT molecular complexity index is 1020. The second kappa shape index (κ2) is 7.95. The summed E-state index contributed by atoms with van der Waals surface area (Å²) in [5.41, 5.74) is 1.86. The Kier molecular flexibility index (Phi) is 5.37. The molecule has 152 valence electrons. The molecule has 1 fully saturated rings. The first-order chi connectivity index (χ1) is 14.0. The van der Waals surface area contributed by atoms with Gasteiger partial charge in [-0.3, -0.25) is 4.79 Å². The van der Waals surface area contributed by atoms with E-state index >= 15 is 0 Å². The van der Waals surface area contributed by atoms with Gasteiger partial charge < -0.3 is 14.8 Å². The van der Waals surface area contributed by atoms with E-state index in [-0.39, 0.29) is 11.3 Å². The van der Waals surface area contributed by atoms with E-state index in [4.69, 9.17) is 0 Å². The van der Waals surface area contributed by atoms with Gasteiger partial charge in [0.05, 0.1) is 23.6 Å². The molecule has 6 nitrogen and oxygen atoms in total. The summed E-state index contributed by atoms with van der Waals surface area (Å²) < 4.78 is 2.00. The number of hydrogen-bond donors (Lipinski definition) is 1. The van der Waals surface area contributed by atoms with E-state index in [1.807, 2.05) is 30.1 Å². The van der Waals surface area contributed by atoms with Crippen LogP contribution in [0.4, 0.5) is 5.82 Å². The molecule has 0 aliphatic carbocycles. The zero-order valence-electron chi connectivity index (χ0n) is 17.5. The lowest BCUT2D eigenvalue weighted by molar-refractivity contribution is -0.128. The van der Waals surface area contributed by atoms with Crippen molar-refractivity contribution in [3.63, 3.8) is 0 Å². The van der Waals surface area contributed by atoms with Crippen LogP contribution in [0, 0.1) is 5.41 Å². The van der Waals surface area contributed by atoms with Crippen LogP contribution in [-0.4, -0.2) is 45.0 Å². The lowest BCUT2D eigenvalue weighted by Crippen LogP contribution is -2.46. The van der Waals surface area contributed by atoms with Crippen LogP contribution >= 0.6 is 0 Å². The molecule has 1 saturated heterocycles. The van der Waals surface area contributed by atoms with Gasteiger partial charge in [0.2, 0.25) is 5.91 Å². The summed E-state index contributed by atoms with van der Waals surface area (Å²) in [6, 6.07) is 8.23. The van der Waals surface area contributed by atoms with Gasteiger partial charge in [-0.2, -0.15) is 0 Å². The van der Waals surface area contributed by atoms with Crippen molar-refractivity contribution in [3.8, 4) is 11.3 Å². The number of piperidine rings is 1. The number of pyridine rings is 1. The summed E-state index contributed by atoms with van der Waals surface area (Å²) in [5, 5.41) is 5.22. The number of hydrogen-bond acceptors (Lipinski definition) is 4. The Hall–Kier alpha value is -2.73. The average molecular weight is 392 g/mol. The van der Waals surface area contributed by atoms with Crippen LogP contribution in [0.5, 0.6) is 0 Å². The number of carbonyl (C=O) groups excluding carboxylic acids is 1. The van der Waals surface area contributed by atoms with Gasteiger partial charge in [-0.1, -0.05) is 26.0 Å². The largest absolute Gasteiger partial charge is 0.334 e. The van der Waals surface area contributed by atoms with Crippen molar-refractivity contribution >= 4 is 22.5 Å². The highest BCUT2D eigenvalue weighted by molar-refractivity contribution is 5.97. The second-order valence-electron chi connectivity index (χ2n) is 8.04. The van der Waals surface area contributed by atoms with Crippen molar-refractivity contribution in [2.45, 2.75) is 33.1 Å². The first-order valence-corrected chi connectivity index (χ1v) is 10.4. The summed E-state index contributed by atoms with van der Waals surface area (Å²) in [7, 11) is 1.98. The molecule has 1 aliphatic heterocycles. The molecule has 0 radical (unpaired) electrons. The lowest BCUT2D eigenvalue weighted by Gasteiger charge is -2.39. The average Bonchev–Trinajstić information content (AvgIpc) is 3.19. The molecule has 1 amide bonds. The number of rotatable bonds is 5. The van der Waals surface area contributed by atoms with Crippen molar-refractivity contribution in [2.75, 3.05) is 25.0 Å². The number of aromatic nitrogens is 3. The Morgan fingerprint density at radius 1 is 1.14 bits per heavy atom. The predicted octanol–water partition coefficient (Wildman–Crippen LogP) is 4.09. The maximum absolute atomic E-state index is 13.2. The summed E-state index contributed by atoms with van der Waals surface area (Å²) in [6.45, 7) is 7.31. The van der Waals surface area contributed by atoms with Crippen LogP contribution in [0.1, 0.15) is 33.1 Å². The van der Waals surface area contributed by atoms with Crippen molar-refractivity contribution in [3.05, 3.63) is 43.0 Å². The number of nitrogens with one attached hydrogen (secondary N) is 1. The first-order valence-electron chi connectivity index (χ1n) is 10.4. The molecule has 0 saturated carbocycles. The standard InChI is InChI=1S/C23H29N5O/c1-4-23(8-10-28(5-2)11-9-23)22(29)26-21-13-19-12-17(6-7-18(19)14-25-21)20-15-24-16-27(20)3/h6-7,12-16H,4-5,8-11H2,1-3H3,(H,25,26,29). The van der Waals surface area contributed by atoms with Gasteiger partial charge in [0.15, 0.2) is 0 Å². The molecule has 2 aromatic heterocycles. The third-order valence-corrected chi connectivity index (χ3v) is 6.49. The summed E-state index contributed by atoms with van der Waals surface area (Å²) in [4.78, 5) is 24.3. The van der Waals surface area contributed by atoms with E-state index in [0.29, 0.717) is 5.82 Å². The van der Waals surface area contributed by atoms with Gasteiger partial charge in [-0.05, 0) is 56.4 Å². The Balaban J connectivity index is 1.57. The Labute approximate surface area is 172 Å². The molecular formula is C23H29N5O. The number of aryl methyl sites for hydroxylation is 1. The van der Waals surface area contributed by atoms with Crippen LogP contribution in [0.2, 0.25) is 0 Å². The Morgan fingerprint density at radius 3 is 2.59 bits per heavy atom. The molecular weight excluding hydrogens is 362 g/mol. The smallest absolute Gasteiger partial charge is 0.231 e. The highest BCUT2D eigenvalue weighted by atomic mass is 16.2. The topological polar surface area (TPSA) is 63.1 Å². The molecule has 0 spiro atoms. The summed E-state index contributed by atoms with van der Waals surface area (Å²) in [6.07, 6.45) is 8.15. The molecule has 0 unspecified atom stereocenters. The third-order valence-electron chi connectivity index (χ3n) is 6.49. The minimum Gasteiger partial charge on any atom is -0.334 e. The van der Waals surface area contributed by atoms with E-state index in [2.05, 4.69) is 52.2 Å². The van der Waals surface area contributed by atoms with Crippen LogP contribution in [0.15, 0.2) is 43.0 Å². The number of imidazole rings is 1. The first kappa shape index (κ1) is 19.6. The maximum Gasteiger partial charge on any atom is 0.231 e. The number of nitrogens with zero attached hydrogens (tertiary/aromatic N) is 4. The van der Waals surface area contributed by atoms with Gasteiger partial charge in [0, 0.05) is 24.2 Å². The number of anilines is 1. The van der Waals surface area contributed by atoms with Crippen LogP contribution in [0.3, 0.4) is 0 Å². The minimum atomic E-state index is -0.293. The van der Waals surface area contributed by atoms with Gasteiger partial charge in [0.1, 0.15) is 5.82 Å². The molecule has 3 heterocycles. The van der Waals surface area contributed by atoms with E-state index in [9.17, 15) is 4.79 Å². The summed E-state index contributed by atoms with van der Waals surface area (Å²) in [5.74, 6) is 0.723. The molecule has 1 aliphatic rings. The highest BCUT2D eigenvalue weighted by Crippen LogP contribution is 2.36. The van der Waals surface area contributed by atoms with Gasteiger partial charge >= 0.3 is 0 Å². The van der Waals surface area contributed by atoms with Crippen molar-refractivity contribution in [2.24, 2.45) is 12.5 Å². The zero-order chi connectivity index (χ0) is 20.4. The molecule has 6 heteroatoms. The number of likely N-dealkylation sites (tertiary alicyclic amines) is 1. The second-order valence-corrected chi connectivity index (χ2v) is 8.04.